The van der Waals surface area contributed by atoms with Crippen LogP contribution >= 0.6 is 0 Å². The number of hydrazone groups is 1. The molecule has 0 aromatic heterocycles. The summed E-state index contributed by atoms with van der Waals surface area (Å²) in [7, 11) is 0. The zero-order chi connectivity index (χ0) is 21.6. The van der Waals surface area contributed by atoms with Gasteiger partial charge in [-0.15, -0.1) is 0 Å². The van der Waals surface area contributed by atoms with Gasteiger partial charge >= 0.3 is 6.18 Å². The first-order chi connectivity index (χ1) is 14.3. The Morgan fingerprint density at radius 1 is 1.03 bits per heavy atom. The van der Waals surface area contributed by atoms with E-state index in [1.165, 1.54) is 23.9 Å². The molecule has 0 heterocycles. The van der Waals surface area contributed by atoms with E-state index in [0.717, 1.165) is 17.7 Å². The van der Waals surface area contributed by atoms with Crippen molar-refractivity contribution in [3.05, 3.63) is 101 Å². The molecule has 0 unspecified atom stereocenters. The topological polar surface area (TPSA) is 50.7 Å². The average molecular weight is 412 g/mol. The van der Waals surface area contributed by atoms with E-state index < -0.39 is 17.6 Å². The average Bonchev–Trinajstić information content (AvgIpc) is 2.74. The minimum Gasteiger partial charge on any atom is -0.489 e. The van der Waals surface area contributed by atoms with Crippen LogP contribution in [-0.4, -0.2) is 12.1 Å². The number of alkyl halides is 3. The lowest BCUT2D eigenvalue weighted by Crippen LogP contribution is -2.18. The lowest BCUT2D eigenvalue weighted by atomic mass is 10.1. The van der Waals surface area contributed by atoms with E-state index in [-0.39, 0.29) is 5.56 Å². The molecular weight excluding hydrogens is 393 g/mol. The number of nitrogens with one attached hydrogen (secondary N) is 1. The predicted octanol–water partition coefficient (Wildman–Crippen LogP) is 5.36. The van der Waals surface area contributed by atoms with Crippen LogP contribution in [0.3, 0.4) is 0 Å². The number of halogens is 3. The van der Waals surface area contributed by atoms with Crippen LogP contribution in [0.25, 0.3) is 0 Å². The van der Waals surface area contributed by atoms with Gasteiger partial charge in [-0.3, -0.25) is 4.79 Å². The van der Waals surface area contributed by atoms with E-state index in [1.807, 2.05) is 31.2 Å². The van der Waals surface area contributed by atoms with Gasteiger partial charge in [-0.2, -0.15) is 18.3 Å². The maximum Gasteiger partial charge on any atom is 0.416 e. The number of hydrogen-bond donors (Lipinski definition) is 1. The molecule has 1 amide bonds. The number of nitrogens with zero attached hydrogens (tertiary/aromatic N) is 1. The summed E-state index contributed by atoms with van der Waals surface area (Å²) in [5.41, 5.74) is 4.15. The highest BCUT2D eigenvalue weighted by atomic mass is 19.4. The molecule has 3 rings (SSSR count). The third kappa shape index (κ3) is 5.94. The van der Waals surface area contributed by atoms with Crippen molar-refractivity contribution in [1.82, 2.24) is 5.43 Å². The zero-order valence-corrected chi connectivity index (χ0v) is 16.1. The maximum atomic E-state index is 12.7. The molecule has 1 N–H and O–H groups in total. The fourth-order valence-electron chi connectivity index (χ4n) is 2.57. The Labute approximate surface area is 172 Å². The molecule has 4 nitrogen and oxygen atoms in total. The summed E-state index contributed by atoms with van der Waals surface area (Å²) in [5.74, 6) is -0.0453. The molecule has 0 aliphatic carbocycles. The molecule has 3 aromatic rings. The summed E-state index contributed by atoms with van der Waals surface area (Å²) in [6.45, 7) is 2.47. The molecule has 30 heavy (non-hydrogen) atoms. The third-order valence-corrected chi connectivity index (χ3v) is 4.24. The van der Waals surface area contributed by atoms with Crippen LogP contribution in [0.1, 0.15) is 32.6 Å². The normalized spacial score (nSPS) is 11.5. The number of rotatable bonds is 6. The first-order valence-electron chi connectivity index (χ1n) is 9.10. The number of amides is 1. The van der Waals surface area contributed by atoms with Gasteiger partial charge in [-0.1, -0.05) is 35.9 Å². The van der Waals surface area contributed by atoms with Crippen molar-refractivity contribution in [2.45, 2.75) is 19.7 Å². The highest BCUT2D eigenvalue weighted by molar-refractivity contribution is 5.95. The summed E-state index contributed by atoms with van der Waals surface area (Å²) in [6, 6.07) is 19.2. The SMILES string of the molecule is Cc1ccc(COc2ccc(/C=N\NC(=O)c3cccc(C(F)(F)F)c3)cc2)cc1. The van der Waals surface area contributed by atoms with Crippen LogP contribution in [0.4, 0.5) is 13.2 Å². The molecule has 3 aromatic carbocycles. The Morgan fingerprint density at radius 3 is 2.40 bits per heavy atom. The van der Waals surface area contributed by atoms with Gasteiger partial charge in [-0.05, 0) is 60.5 Å². The summed E-state index contributed by atoms with van der Waals surface area (Å²) < 4.78 is 43.9. The Bertz CT molecular complexity index is 1030. The molecular formula is C23H19F3N2O2. The second-order valence-electron chi connectivity index (χ2n) is 6.62. The van der Waals surface area contributed by atoms with Crippen molar-refractivity contribution in [3.8, 4) is 5.75 Å². The molecule has 0 fully saturated rings. The van der Waals surface area contributed by atoms with E-state index in [2.05, 4.69) is 10.5 Å². The Balaban J connectivity index is 1.54. The number of carbonyl (C=O) groups is 1. The molecule has 0 radical (unpaired) electrons. The first-order valence-corrected chi connectivity index (χ1v) is 9.10. The fourth-order valence-corrected chi connectivity index (χ4v) is 2.57. The minimum absolute atomic E-state index is 0.123. The van der Waals surface area contributed by atoms with E-state index in [1.54, 1.807) is 24.3 Å². The molecule has 7 heteroatoms. The van der Waals surface area contributed by atoms with Crippen LogP contribution < -0.4 is 10.2 Å². The zero-order valence-electron chi connectivity index (χ0n) is 16.1. The van der Waals surface area contributed by atoms with Crippen molar-refractivity contribution in [3.63, 3.8) is 0 Å². The number of hydrogen-bond acceptors (Lipinski definition) is 3. The smallest absolute Gasteiger partial charge is 0.416 e. The van der Waals surface area contributed by atoms with Gasteiger partial charge in [0, 0.05) is 5.56 Å². The van der Waals surface area contributed by atoms with Gasteiger partial charge in [0.1, 0.15) is 12.4 Å². The Hall–Kier alpha value is -3.61. The van der Waals surface area contributed by atoms with Crippen LogP contribution in [0.5, 0.6) is 5.75 Å². The van der Waals surface area contributed by atoms with E-state index >= 15 is 0 Å². The number of benzene rings is 3. The summed E-state index contributed by atoms with van der Waals surface area (Å²) in [5, 5.41) is 3.79. The van der Waals surface area contributed by atoms with Gasteiger partial charge in [-0.25, -0.2) is 5.43 Å². The third-order valence-electron chi connectivity index (χ3n) is 4.24. The number of ether oxygens (including phenoxy) is 1. The number of aryl methyl sites for hydroxylation is 1. The monoisotopic (exact) mass is 412 g/mol. The molecule has 0 bridgehead atoms. The Kier molecular flexibility index (Phi) is 6.51. The highest BCUT2D eigenvalue weighted by Gasteiger charge is 2.30. The second-order valence-corrected chi connectivity index (χ2v) is 6.62. The van der Waals surface area contributed by atoms with Gasteiger partial charge in [0.05, 0.1) is 11.8 Å². The van der Waals surface area contributed by atoms with Gasteiger partial charge < -0.3 is 4.74 Å². The first kappa shape index (κ1) is 21.1. The van der Waals surface area contributed by atoms with E-state index in [9.17, 15) is 18.0 Å². The quantitative estimate of drug-likeness (QED) is 0.438. The van der Waals surface area contributed by atoms with Crippen molar-refractivity contribution in [2.24, 2.45) is 5.10 Å². The number of carbonyl (C=O) groups excluding carboxylic acids is 1. The molecule has 0 saturated carbocycles. The summed E-state index contributed by atoms with van der Waals surface area (Å²) >= 11 is 0. The van der Waals surface area contributed by atoms with Gasteiger partial charge in [0.15, 0.2) is 0 Å². The molecule has 0 aliphatic rings. The highest BCUT2D eigenvalue weighted by Crippen LogP contribution is 2.29. The van der Waals surface area contributed by atoms with Crippen LogP contribution in [0.2, 0.25) is 0 Å². The Morgan fingerprint density at radius 2 is 1.73 bits per heavy atom. The lowest BCUT2D eigenvalue weighted by molar-refractivity contribution is -0.137. The van der Waals surface area contributed by atoms with Crippen molar-refractivity contribution < 1.29 is 22.7 Å². The van der Waals surface area contributed by atoms with E-state index in [4.69, 9.17) is 4.74 Å². The molecule has 154 valence electrons. The van der Waals surface area contributed by atoms with Crippen LogP contribution in [0.15, 0.2) is 77.9 Å². The second kappa shape index (κ2) is 9.26. The lowest BCUT2D eigenvalue weighted by Gasteiger charge is -2.08. The van der Waals surface area contributed by atoms with Crippen molar-refractivity contribution in [1.29, 1.82) is 0 Å². The summed E-state index contributed by atoms with van der Waals surface area (Å²) in [4.78, 5) is 12.0. The van der Waals surface area contributed by atoms with Crippen molar-refractivity contribution in [2.75, 3.05) is 0 Å². The standard InChI is InChI=1S/C23H19F3N2O2/c1-16-5-7-18(8-6-16)15-30-21-11-9-17(10-12-21)14-27-28-22(29)19-3-2-4-20(13-19)23(24,25)26/h2-14H,15H2,1H3,(H,28,29)/b27-14-. The maximum absolute atomic E-state index is 12.7. The van der Waals surface area contributed by atoms with Gasteiger partial charge in [0.25, 0.3) is 5.91 Å². The molecule has 0 atom stereocenters. The fraction of sp³-hybridized carbons (Fsp3) is 0.130. The molecule has 0 aliphatic heterocycles. The van der Waals surface area contributed by atoms with E-state index in [0.29, 0.717) is 17.9 Å². The minimum atomic E-state index is -4.51. The largest absolute Gasteiger partial charge is 0.489 e. The predicted molar refractivity (Wildman–Crippen MR) is 108 cm³/mol. The van der Waals surface area contributed by atoms with Crippen LogP contribution in [-0.2, 0) is 12.8 Å². The molecule has 0 saturated heterocycles. The van der Waals surface area contributed by atoms with Gasteiger partial charge in [0.2, 0.25) is 0 Å². The van der Waals surface area contributed by atoms with Crippen LogP contribution in [0, 0.1) is 6.92 Å². The summed E-state index contributed by atoms with van der Waals surface area (Å²) in [6.07, 6.45) is -3.11. The molecule has 0 spiro atoms. The van der Waals surface area contributed by atoms with Crippen molar-refractivity contribution >= 4 is 12.1 Å².